The van der Waals surface area contributed by atoms with E-state index < -0.39 is 0 Å². The van der Waals surface area contributed by atoms with Gasteiger partial charge >= 0.3 is 0 Å². The first-order valence-corrected chi connectivity index (χ1v) is 6.98. The first-order chi connectivity index (χ1) is 8.24. The molecule has 2 heterocycles. The van der Waals surface area contributed by atoms with Crippen LogP contribution in [0.3, 0.4) is 0 Å². The Labute approximate surface area is 109 Å². The maximum Gasteiger partial charge on any atom is 0.244 e. The second kappa shape index (κ2) is 5.80. The van der Waals surface area contributed by atoms with Gasteiger partial charge in [0.2, 0.25) is 5.91 Å². The zero-order chi connectivity index (χ0) is 12.1. The third kappa shape index (κ3) is 3.84. The fraction of sp³-hybridized carbons (Fsp3) is 0.154. The molecule has 0 atom stereocenters. The van der Waals surface area contributed by atoms with Gasteiger partial charge in [-0.1, -0.05) is 6.07 Å². The maximum atomic E-state index is 11.5. The second-order valence-electron chi connectivity index (χ2n) is 3.58. The molecule has 17 heavy (non-hydrogen) atoms. The quantitative estimate of drug-likeness (QED) is 0.841. The summed E-state index contributed by atoms with van der Waals surface area (Å²) in [4.78, 5) is 15.1. The summed E-state index contributed by atoms with van der Waals surface area (Å²) in [6.07, 6.45) is 3.43. The van der Waals surface area contributed by atoms with Crippen molar-refractivity contribution in [1.29, 1.82) is 0 Å². The van der Waals surface area contributed by atoms with Crippen LogP contribution in [-0.4, -0.2) is 5.91 Å². The van der Waals surface area contributed by atoms with Crippen LogP contribution < -0.4 is 5.32 Å². The SMILES string of the molecule is Cc1ccc(/C=C/C(=O)NCc2cccs2)s1. The van der Waals surface area contributed by atoms with Crippen LogP contribution in [0.4, 0.5) is 0 Å². The molecule has 2 nitrogen and oxygen atoms in total. The molecule has 1 amide bonds. The number of thiophene rings is 2. The van der Waals surface area contributed by atoms with Gasteiger partial charge in [0.1, 0.15) is 0 Å². The zero-order valence-corrected chi connectivity index (χ0v) is 11.1. The molecule has 0 aromatic carbocycles. The highest BCUT2D eigenvalue weighted by molar-refractivity contribution is 7.12. The van der Waals surface area contributed by atoms with Gasteiger partial charge in [-0.25, -0.2) is 0 Å². The van der Waals surface area contributed by atoms with Crippen LogP contribution in [0.25, 0.3) is 6.08 Å². The van der Waals surface area contributed by atoms with Crippen molar-refractivity contribution in [1.82, 2.24) is 5.32 Å². The predicted octanol–water partition coefficient (Wildman–Crippen LogP) is 3.45. The Bertz CT molecular complexity index is 511. The van der Waals surface area contributed by atoms with E-state index in [1.54, 1.807) is 28.7 Å². The van der Waals surface area contributed by atoms with Gasteiger partial charge < -0.3 is 5.32 Å². The fourth-order valence-electron chi connectivity index (χ4n) is 1.35. The van der Waals surface area contributed by atoms with Gasteiger partial charge in [0.15, 0.2) is 0 Å². The third-order valence-corrected chi connectivity index (χ3v) is 4.02. The molecular formula is C13H13NOS2. The van der Waals surface area contributed by atoms with E-state index in [1.807, 2.05) is 35.7 Å². The van der Waals surface area contributed by atoms with Crippen LogP contribution >= 0.6 is 22.7 Å². The first-order valence-electron chi connectivity index (χ1n) is 5.29. The highest BCUT2D eigenvalue weighted by atomic mass is 32.1. The number of nitrogens with one attached hydrogen (secondary N) is 1. The molecule has 0 aliphatic carbocycles. The largest absolute Gasteiger partial charge is 0.348 e. The molecule has 1 N–H and O–H groups in total. The van der Waals surface area contributed by atoms with E-state index in [9.17, 15) is 4.79 Å². The molecule has 0 saturated heterocycles. The van der Waals surface area contributed by atoms with Gasteiger partial charge in [-0.15, -0.1) is 22.7 Å². The van der Waals surface area contributed by atoms with E-state index >= 15 is 0 Å². The van der Waals surface area contributed by atoms with Crippen molar-refractivity contribution < 1.29 is 4.79 Å². The number of carbonyl (C=O) groups is 1. The molecule has 0 unspecified atom stereocenters. The van der Waals surface area contributed by atoms with Crippen LogP contribution in [0.5, 0.6) is 0 Å². The van der Waals surface area contributed by atoms with Gasteiger partial charge in [-0.3, -0.25) is 4.79 Å². The summed E-state index contributed by atoms with van der Waals surface area (Å²) in [6, 6.07) is 8.06. The Morgan fingerprint density at radius 2 is 2.29 bits per heavy atom. The van der Waals surface area contributed by atoms with Gasteiger partial charge in [0, 0.05) is 20.7 Å². The van der Waals surface area contributed by atoms with E-state index in [4.69, 9.17) is 0 Å². The van der Waals surface area contributed by atoms with E-state index in [1.165, 1.54) is 9.75 Å². The Balaban J connectivity index is 1.83. The first kappa shape index (κ1) is 12.1. The molecule has 2 aromatic rings. The summed E-state index contributed by atoms with van der Waals surface area (Å²) >= 11 is 3.33. The highest BCUT2D eigenvalue weighted by Gasteiger charge is 1.98. The molecule has 4 heteroatoms. The van der Waals surface area contributed by atoms with Gasteiger partial charge in [-0.2, -0.15) is 0 Å². The smallest absolute Gasteiger partial charge is 0.244 e. The average molecular weight is 263 g/mol. The second-order valence-corrected chi connectivity index (χ2v) is 5.93. The zero-order valence-electron chi connectivity index (χ0n) is 9.47. The normalized spacial score (nSPS) is 10.9. The Kier molecular flexibility index (Phi) is 4.12. The number of rotatable bonds is 4. The predicted molar refractivity (Wildman–Crippen MR) is 74.3 cm³/mol. The van der Waals surface area contributed by atoms with Crippen molar-refractivity contribution in [3.63, 3.8) is 0 Å². The molecule has 0 bridgehead atoms. The van der Waals surface area contributed by atoms with Crippen molar-refractivity contribution in [3.8, 4) is 0 Å². The molecule has 2 aromatic heterocycles. The van der Waals surface area contributed by atoms with E-state index in [0.29, 0.717) is 6.54 Å². The number of aryl methyl sites for hydroxylation is 1. The number of amides is 1. The van der Waals surface area contributed by atoms with Crippen LogP contribution in [-0.2, 0) is 11.3 Å². The van der Waals surface area contributed by atoms with Crippen LogP contribution in [0, 0.1) is 6.92 Å². The van der Waals surface area contributed by atoms with Crippen molar-refractivity contribution in [2.45, 2.75) is 13.5 Å². The topological polar surface area (TPSA) is 29.1 Å². The molecule has 88 valence electrons. The van der Waals surface area contributed by atoms with Gasteiger partial charge in [-0.05, 0) is 36.6 Å². The molecule has 0 spiro atoms. The van der Waals surface area contributed by atoms with Crippen molar-refractivity contribution >= 4 is 34.7 Å². The van der Waals surface area contributed by atoms with Crippen LogP contribution in [0.15, 0.2) is 35.7 Å². The molecule has 0 radical (unpaired) electrons. The maximum absolute atomic E-state index is 11.5. The van der Waals surface area contributed by atoms with E-state index in [-0.39, 0.29) is 5.91 Å². The summed E-state index contributed by atoms with van der Waals surface area (Å²) < 4.78 is 0. The van der Waals surface area contributed by atoms with Crippen LogP contribution in [0.2, 0.25) is 0 Å². The summed E-state index contributed by atoms with van der Waals surface area (Å²) in [5, 5.41) is 4.86. The lowest BCUT2D eigenvalue weighted by molar-refractivity contribution is -0.116. The molecule has 2 rings (SSSR count). The minimum atomic E-state index is -0.0514. The van der Waals surface area contributed by atoms with Crippen molar-refractivity contribution in [3.05, 3.63) is 50.4 Å². The van der Waals surface area contributed by atoms with Crippen molar-refractivity contribution in [2.75, 3.05) is 0 Å². The Morgan fingerprint density at radius 3 is 2.94 bits per heavy atom. The minimum absolute atomic E-state index is 0.0514. The van der Waals surface area contributed by atoms with Gasteiger partial charge in [0.05, 0.1) is 6.54 Å². The number of carbonyl (C=O) groups excluding carboxylic acids is 1. The fourth-order valence-corrected chi connectivity index (χ4v) is 2.77. The lowest BCUT2D eigenvalue weighted by Gasteiger charge is -1.98. The number of hydrogen-bond donors (Lipinski definition) is 1. The molecular weight excluding hydrogens is 250 g/mol. The summed E-state index contributed by atoms with van der Waals surface area (Å²) in [5.41, 5.74) is 0. The van der Waals surface area contributed by atoms with E-state index in [0.717, 1.165) is 4.88 Å². The van der Waals surface area contributed by atoms with Crippen LogP contribution in [0.1, 0.15) is 14.6 Å². The number of hydrogen-bond acceptors (Lipinski definition) is 3. The standard InChI is InChI=1S/C13H13NOS2/c1-10-4-5-11(17-10)6-7-13(15)14-9-12-3-2-8-16-12/h2-8H,9H2,1H3,(H,14,15)/b7-6+. The minimum Gasteiger partial charge on any atom is -0.348 e. The average Bonchev–Trinajstić information content (AvgIpc) is 2.95. The lowest BCUT2D eigenvalue weighted by Crippen LogP contribution is -2.19. The summed E-state index contributed by atoms with van der Waals surface area (Å²) in [6.45, 7) is 2.66. The molecule has 0 saturated carbocycles. The highest BCUT2D eigenvalue weighted by Crippen LogP contribution is 2.16. The summed E-state index contributed by atoms with van der Waals surface area (Å²) in [7, 11) is 0. The van der Waals surface area contributed by atoms with E-state index in [2.05, 4.69) is 12.2 Å². The monoisotopic (exact) mass is 263 g/mol. The lowest BCUT2D eigenvalue weighted by atomic mass is 10.4. The molecule has 0 aliphatic rings. The Hall–Kier alpha value is -1.39. The van der Waals surface area contributed by atoms with Crippen molar-refractivity contribution in [2.24, 2.45) is 0 Å². The summed E-state index contributed by atoms with van der Waals surface area (Å²) in [5.74, 6) is -0.0514. The third-order valence-electron chi connectivity index (χ3n) is 2.18. The molecule has 0 aliphatic heterocycles. The Morgan fingerprint density at radius 1 is 1.41 bits per heavy atom. The molecule has 0 fully saturated rings. The van der Waals surface area contributed by atoms with Gasteiger partial charge in [0.25, 0.3) is 0 Å².